The molecular weight excluding hydrogens is 509 g/mol. The fraction of sp³-hybridized carbons (Fsp3) is 0.391. The van der Waals surface area contributed by atoms with Gasteiger partial charge in [-0.2, -0.15) is 0 Å². The lowest BCUT2D eigenvalue weighted by molar-refractivity contribution is -0.0537. The van der Waals surface area contributed by atoms with Gasteiger partial charge in [0, 0.05) is 24.3 Å². The van der Waals surface area contributed by atoms with Crippen LogP contribution in [0.25, 0.3) is 0 Å². The normalized spacial score (nSPS) is 18.5. The molecule has 8 heteroatoms. The first kappa shape index (κ1) is 23.5. The minimum absolute atomic E-state index is 0.00779. The Labute approximate surface area is 197 Å². The van der Waals surface area contributed by atoms with Crippen LogP contribution in [-0.2, 0) is 14.4 Å². The highest BCUT2D eigenvalue weighted by Gasteiger charge is 2.30. The summed E-state index contributed by atoms with van der Waals surface area (Å²) < 4.78 is 10.5. The van der Waals surface area contributed by atoms with Crippen LogP contribution in [0.1, 0.15) is 40.9 Å². The maximum Gasteiger partial charge on any atom is 0.324 e. The number of carbonyl (C=O) groups excluding carboxylic acids is 2. The zero-order valence-corrected chi connectivity index (χ0v) is 20.4. The predicted octanol–water partition coefficient (Wildman–Crippen LogP) is 4.55. The number of anilines is 1. The third-order valence-electron chi connectivity index (χ3n) is 5.25. The van der Waals surface area contributed by atoms with E-state index < -0.39 is 0 Å². The van der Waals surface area contributed by atoms with E-state index in [4.69, 9.17) is 4.74 Å². The Hall–Kier alpha value is -2.17. The molecule has 3 rings (SSSR count). The Balaban J connectivity index is 1.89. The van der Waals surface area contributed by atoms with Gasteiger partial charge in [-0.1, -0.05) is 29.8 Å². The first-order valence-corrected chi connectivity index (χ1v) is 11.1. The van der Waals surface area contributed by atoms with Crippen molar-refractivity contribution in [2.45, 2.75) is 46.4 Å². The van der Waals surface area contributed by atoms with Crippen LogP contribution in [-0.4, -0.2) is 42.1 Å². The third-order valence-corrected chi connectivity index (χ3v) is 5.47. The second kappa shape index (κ2) is 10.4. The van der Waals surface area contributed by atoms with Gasteiger partial charge in [0.1, 0.15) is 23.0 Å². The van der Waals surface area contributed by atoms with Crippen LogP contribution >= 0.6 is 23.0 Å². The number of morpholine rings is 1. The van der Waals surface area contributed by atoms with E-state index in [1.165, 1.54) is 0 Å². The van der Waals surface area contributed by atoms with Crippen LogP contribution < -0.4 is 10.4 Å². The van der Waals surface area contributed by atoms with Gasteiger partial charge in [-0.25, -0.2) is 13.4 Å². The summed E-state index contributed by atoms with van der Waals surface area (Å²) in [4.78, 5) is 29.2. The number of hydrogen-bond donors (Lipinski definition) is 1. The Kier molecular flexibility index (Phi) is 7.90. The van der Waals surface area contributed by atoms with Crippen molar-refractivity contribution in [3.05, 3.63) is 64.7 Å². The van der Waals surface area contributed by atoms with E-state index in [2.05, 4.69) is 14.7 Å². The highest BCUT2D eigenvalue weighted by molar-refractivity contribution is 14.1. The standard InChI is InChI=1S/C23H28IN3O4/c1-15-5-10-21(16(2)11-15)27(23(29)26-12-17(3)30-18(4)13-26)14-19-6-8-20(9-7-19)22(28)25-31-24/h5-11,17-18H,12-14H2,1-4H3,(H,25,28). The fourth-order valence-corrected chi connectivity index (χ4v) is 4.11. The van der Waals surface area contributed by atoms with E-state index in [0.29, 0.717) is 25.2 Å². The van der Waals surface area contributed by atoms with Crippen molar-refractivity contribution in [3.63, 3.8) is 0 Å². The SMILES string of the molecule is Cc1ccc(N(Cc2ccc(C(=O)NOI)cc2)C(=O)N2CC(C)OC(C)C2)c(C)c1. The van der Waals surface area contributed by atoms with Crippen LogP contribution in [0.15, 0.2) is 42.5 Å². The molecule has 2 aromatic carbocycles. The minimum atomic E-state index is -0.320. The van der Waals surface area contributed by atoms with Gasteiger partial charge in [0.15, 0.2) is 0 Å². The summed E-state index contributed by atoms with van der Waals surface area (Å²) >= 11 is 1.61. The zero-order valence-electron chi connectivity index (χ0n) is 18.2. The van der Waals surface area contributed by atoms with Gasteiger partial charge < -0.3 is 9.64 Å². The number of amides is 3. The average Bonchev–Trinajstić information content (AvgIpc) is 2.72. The van der Waals surface area contributed by atoms with Crippen LogP contribution in [0.2, 0.25) is 0 Å². The monoisotopic (exact) mass is 537 g/mol. The predicted molar refractivity (Wildman–Crippen MR) is 128 cm³/mol. The second-order valence-corrected chi connectivity index (χ2v) is 8.47. The Bertz CT molecular complexity index is 925. The first-order chi connectivity index (χ1) is 14.8. The molecule has 1 fully saturated rings. The van der Waals surface area contributed by atoms with Crippen molar-refractivity contribution in [3.8, 4) is 0 Å². The number of urea groups is 1. The maximum absolute atomic E-state index is 13.6. The van der Waals surface area contributed by atoms with Crippen molar-refractivity contribution in [1.29, 1.82) is 0 Å². The van der Waals surface area contributed by atoms with E-state index in [-0.39, 0.29) is 24.1 Å². The summed E-state index contributed by atoms with van der Waals surface area (Å²) in [5.74, 6) is -0.320. The molecule has 0 bridgehead atoms. The number of ether oxygens (including phenoxy) is 1. The molecule has 0 radical (unpaired) electrons. The van der Waals surface area contributed by atoms with Crippen molar-refractivity contribution in [2.75, 3.05) is 18.0 Å². The fourth-order valence-electron chi connectivity index (χ4n) is 3.91. The van der Waals surface area contributed by atoms with Crippen LogP contribution in [0, 0.1) is 13.8 Å². The highest BCUT2D eigenvalue weighted by atomic mass is 127. The van der Waals surface area contributed by atoms with Crippen molar-refractivity contribution in [1.82, 2.24) is 10.4 Å². The largest absolute Gasteiger partial charge is 0.372 e. The van der Waals surface area contributed by atoms with Crippen molar-refractivity contribution >= 4 is 40.6 Å². The van der Waals surface area contributed by atoms with E-state index in [0.717, 1.165) is 22.4 Å². The molecule has 2 aromatic rings. The molecule has 7 nitrogen and oxygen atoms in total. The number of hydroxylamine groups is 1. The maximum atomic E-state index is 13.6. The quantitative estimate of drug-likeness (QED) is 0.449. The molecule has 3 amide bonds. The van der Waals surface area contributed by atoms with E-state index in [1.54, 1.807) is 35.1 Å². The van der Waals surface area contributed by atoms with Gasteiger partial charge in [-0.3, -0.25) is 9.69 Å². The number of nitrogens with one attached hydrogen (secondary N) is 1. The van der Waals surface area contributed by atoms with Crippen molar-refractivity contribution in [2.24, 2.45) is 0 Å². The van der Waals surface area contributed by atoms with E-state index in [1.807, 2.05) is 61.8 Å². The molecule has 0 saturated carbocycles. The molecule has 0 aliphatic carbocycles. The molecule has 2 unspecified atom stereocenters. The summed E-state index contributed by atoms with van der Waals surface area (Å²) in [7, 11) is 0. The van der Waals surface area contributed by atoms with Gasteiger partial charge in [0.05, 0.1) is 18.8 Å². The summed E-state index contributed by atoms with van der Waals surface area (Å²) in [6.45, 7) is 9.54. The Morgan fingerprint density at radius 2 is 1.77 bits per heavy atom. The van der Waals surface area contributed by atoms with Gasteiger partial charge in [-0.05, 0) is 57.0 Å². The summed E-state index contributed by atoms with van der Waals surface area (Å²) in [6.07, 6.45) is -0.0156. The number of hydrogen-bond acceptors (Lipinski definition) is 4. The molecule has 1 aliphatic heterocycles. The van der Waals surface area contributed by atoms with Crippen LogP contribution in [0.3, 0.4) is 0 Å². The number of halogens is 1. The lowest BCUT2D eigenvalue weighted by Gasteiger charge is -2.38. The molecule has 166 valence electrons. The first-order valence-electron chi connectivity index (χ1n) is 10.2. The summed E-state index contributed by atoms with van der Waals surface area (Å²) in [5, 5.41) is 0. The third kappa shape index (κ3) is 5.96. The van der Waals surface area contributed by atoms with E-state index >= 15 is 0 Å². The zero-order chi connectivity index (χ0) is 22.5. The van der Waals surface area contributed by atoms with Crippen molar-refractivity contribution < 1.29 is 17.5 Å². The molecule has 0 aromatic heterocycles. The Morgan fingerprint density at radius 1 is 1.13 bits per heavy atom. The summed E-state index contributed by atoms with van der Waals surface area (Å²) in [5.41, 5.74) is 6.77. The highest BCUT2D eigenvalue weighted by Crippen LogP contribution is 2.26. The van der Waals surface area contributed by atoms with Gasteiger partial charge in [-0.15, -0.1) is 0 Å². The van der Waals surface area contributed by atoms with Crippen LogP contribution in [0.5, 0.6) is 0 Å². The molecule has 2 atom stereocenters. The molecule has 1 heterocycles. The van der Waals surface area contributed by atoms with Gasteiger partial charge in [0.25, 0.3) is 5.91 Å². The lowest BCUT2D eigenvalue weighted by Crippen LogP contribution is -2.53. The second-order valence-electron chi connectivity index (χ2n) is 8.03. The van der Waals surface area contributed by atoms with Gasteiger partial charge in [0.2, 0.25) is 0 Å². The average molecular weight is 537 g/mol. The number of aryl methyl sites for hydroxylation is 2. The number of carbonyl (C=O) groups is 2. The molecule has 1 N–H and O–H groups in total. The molecule has 1 aliphatic rings. The topological polar surface area (TPSA) is 71.1 Å². The number of benzene rings is 2. The molecule has 1 saturated heterocycles. The van der Waals surface area contributed by atoms with Crippen LogP contribution in [0.4, 0.5) is 10.5 Å². The summed E-state index contributed by atoms with van der Waals surface area (Å²) in [6, 6.07) is 13.2. The smallest absolute Gasteiger partial charge is 0.324 e. The molecular formula is C23H28IN3O4. The molecule has 0 spiro atoms. The minimum Gasteiger partial charge on any atom is -0.372 e. The molecule has 31 heavy (non-hydrogen) atoms. The lowest BCUT2D eigenvalue weighted by atomic mass is 10.1. The number of rotatable bonds is 5. The Morgan fingerprint density at radius 3 is 2.35 bits per heavy atom. The van der Waals surface area contributed by atoms with E-state index in [9.17, 15) is 9.59 Å². The number of nitrogens with zero attached hydrogens (tertiary/aromatic N) is 2. The van der Waals surface area contributed by atoms with Gasteiger partial charge >= 0.3 is 6.03 Å².